The van der Waals surface area contributed by atoms with E-state index in [1.165, 1.54) is 12.1 Å². The second kappa shape index (κ2) is 9.64. The Kier molecular flexibility index (Phi) is 6.38. The summed E-state index contributed by atoms with van der Waals surface area (Å²) in [5, 5.41) is 22.4. The first-order chi connectivity index (χ1) is 17.3. The van der Waals surface area contributed by atoms with Crippen molar-refractivity contribution in [1.82, 2.24) is 4.90 Å². The van der Waals surface area contributed by atoms with Crippen LogP contribution in [0, 0.1) is 17.0 Å². The van der Waals surface area contributed by atoms with Crippen LogP contribution in [0.5, 0.6) is 11.5 Å². The van der Waals surface area contributed by atoms with Gasteiger partial charge in [0.15, 0.2) is 5.76 Å². The number of nitro benzene ring substituents is 1. The van der Waals surface area contributed by atoms with Crippen molar-refractivity contribution in [3.8, 4) is 11.5 Å². The van der Waals surface area contributed by atoms with E-state index in [0.717, 1.165) is 31.9 Å². The van der Waals surface area contributed by atoms with E-state index in [2.05, 4.69) is 9.80 Å². The van der Waals surface area contributed by atoms with E-state index in [4.69, 9.17) is 16.3 Å². The number of rotatable bonds is 5. The number of phenolic OH excluding ortho intramolecular Hbond substituents is 1. The van der Waals surface area contributed by atoms with Crippen molar-refractivity contribution in [2.24, 2.45) is 0 Å². The lowest BCUT2D eigenvalue weighted by Gasteiger charge is -2.36. The van der Waals surface area contributed by atoms with Gasteiger partial charge in [-0.1, -0.05) is 17.7 Å². The van der Waals surface area contributed by atoms with Crippen molar-refractivity contribution >= 4 is 34.8 Å². The number of halogens is 1. The van der Waals surface area contributed by atoms with Gasteiger partial charge in [0.2, 0.25) is 5.78 Å². The number of ketones is 1. The third-order valence-corrected chi connectivity index (χ3v) is 6.78. The molecule has 0 amide bonds. The minimum atomic E-state index is -0.475. The van der Waals surface area contributed by atoms with Crippen molar-refractivity contribution in [3.63, 3.8) is 0 Å². The molecular formula is C27H24ClN3O5. The number of carbonyl (C=O) groups is 1. The molecular weight excluding hydrogens is 482 g/mol. The van der Waals surface area contributed by atoms with Gasteiger partial charge < -0.3 is 14.7 Å². The van der Waals surface area contributed by atoms with Crippen LogP contribution in [0.4, 0.5) is 11.4 Å². The van der Waals surface area contributed by atoms with Crippen LogP contribution in [0.1, 0.15) is 27.0 Å². The van der Waals surface area contributed by atoms with E-state index in [1.54, 1.807) is 31.2 Å². The molecule has 184 valence electrons. The van der Waals surface area contributed by atoms with E-state index >= 15 is 0 Å². The standard InChI is InChI=1S/C27H24ClN3O5/c1-17-13-23(32)22(16-29-9-11-30(12-10-29)21-4-2-3-19(28)15-21)27-25(17)26(33)24(36-27)14-18-5-7-20(8-6-18)31(34)35/h2-8,13-15,32H,9-12,16H2,1H3/b24-14+. The van der Waals surface area contributed by atoms with Gasteiger partial charge in [0.25, 0.3) is 5.69 Å². The van der Waals surface area contributed by atoms with Crippen molar-refractivity contribution < 1.29 is 19.6 Å². The molecule has 0 spiro atoms. The van der Waals surface area contributed by atoms with Gasteiger partial charge in [0, 0.05) is 55.6 Å². The Morgan fingerprint density at radius 3 is 2.50 bits per heavy atom. The van der Waals surface area contributed by atoms with Gasteiger partial charge in [0.1, 0.15) is 11.5 Å². The van der Waals surface area contributed by atoms with E-state index in [9.17, 15) is 20.0 Å². The Morgan fingerprint density at radius 2 is 1.83 bits per heavy atom. The van der Waals surface area contributed by atoms with Crippen LogP contribution in [0.25, 0.3) is 6.08 Å². The van der Waals surface area contributed by atoms with E-state index < -0.39 is 4.92 Å². The lowest BCUT2D eigenvalue weighted by Crippen LogP contribution is -2.46. The Balaban J connectivity index is 1.35. The number of hydrogen-bond donors (Lipinski definition) is 1. The zero-order chi connectivity index (χ0) is 25.4. The van der Waals surface area contributed by atoms with Crippen LogP contribution in [-0.4, -0.2) is 46.9 Å². The number of anilines is 1. The highest BCUT2D eigenvalue weighted by Gasteiger charge is 2.34. The summed E-state index contributed by atoms with van der Waals surface area (Å²) in [5.74, 6) is 0.322. The van der Waals surface area contributed by atoms with Gasteiger partial charge >= 0.3 is 0 Å². The number of hydrogen-bond acceptors (Lipinski definition) is 7. The number of non-ortho nitro benzene ring substituents is 1. The molecule has 2 aliphatic rings. The minimum Gasteiger partial charge on any atom is -0.507 e. The molecule has 0 aromatic heterocycles. The summed E-state index contributed by atoms with van der Waals surface area (Å²) >= 11 is 6.14. The SMILES string of the molecule is Cc1cc(O)c(CN2CCN(c3cccc(Cl)c3)CC2)c2c1C(=O)/C(=C\c1ccc([N+](=O)[O-])cc1)O2. The fraction of sp³-hybridized carbons (Fsp3) is 0.222. The molecule has 9 heteroatoms. The number of piperazine rings is 1. The molecule has 36 heavy (non-hydrogen) atoms. The van der Waals surface area contributed by atoms with Gasteiger partial charge in [-0.2, -0.15) is 0 Å². The number of allylic oxidation sites excluding steroid dienone is 1. The fourth-order valence-electron chi connectivity index (χ4n) is 4.64. The zero-order valence-corrected chi connectivity index (χ0v) is 20.4. The van der Waals surface area contributed by atoms with Crippen molar-refractivity contribution in [1.29, 1.82) is 0 Å². The highest BCUT2D eigenvalue weighted by Crippen LogP contribution is 2.42. The number of nitro groups is 1. The van der Waals surface area contributed by atoms with Crippen molar-refractivity contribution in [3.05, 3.63) is 97.7 Å². The number of Topliss-reactive ketones (excluding diaryl/α,β-unsaturated/α-hetero) is 1. The first-order valence-electron chi connectivity index (χ1n) is 11.6. The van der Waals surface area contributed by atoms with Gasteiger partial charge in [-0.15, -0.1) is 0 Å². The van der Waals surface area contributed by atoms with Gasteiger partial charge in [-0.3, -0.25) is 19.8 Å². The predicted octanol–water partition coefficient (Wildman–Crippen LogP) is 5.20. The lowest BCUT2D eigenvalue weighted by atomic mass is 9.99. The van der Waals surface area contributed by atoms with Crippen LogP contribution in [0.2, 0.25) is 5.02 Å². The second-order valence-corrected chi connectivity index (χ2v) is 9.36. The fourth-order valence-corrected chi connectivity index (χ4v) is 4.82. The summed E-state index contributed by atoms with van der Waals surface area (Å²) in [6.45, 7) is 5.36. The molecule has 0 atom stereocenters. The normalized spacial score (nSPS) is 16.8. The molecule has 0 aliphatic carbocycles. The largest absolute Gasteiger partial charge is 0.507 e. The number of aryl methyl sites for hydroxylation is 1. The van der Waals surface area contributed by atoms with E-state index in [0.29, 0.717) is 39.6 Å². The van der Waals surface area contributed by atoms with Gasteiger partial charge in [-0.05, 0) is 60.5 Å². The van der Waals surface area contributed by atoms with Crippen LogP contribution in [-0.2, 0) is 6.54 Å². The highest BCUT2D eigenvalue weighted by atomic mass is 35.5. The first-order valence-corrected chi connectivity index (χ1v) is 11.9. The Morgan fingerprint density at radius 1 is 1.11 bits per heavy atom. The Hall–Kier alpha value is -3.88. The predicted molar refractivity (Wildman–Crippen MR) is 138 cm³/mol. The monoisotopic (exact) mass is 505 g/mol. The number of ether oxygens (including phenoxy) is 1. The van der Waals surface area contributed by atoms with Crippen LogP contribution >= 0.6 is 11.6 Å². The molecule has 3 aromatic carbocycles. The average molecular weight is 506 g/mol. The Labute approximate surface area is 213 Å². The minimum absolute atomic E-state index is 0.0300. The maximum atomic E-state index is 13.2. The third-order valence-electron chi connectivity index (χ3n) is 6.55. The number of carbonyl (C=O) groups excluding carboxylic acids is 1. The number of phenols is 1. The summed E-state index contributed by atoms with van der Waals surface area (Å²) in [6.07, 6.45) is 1.57. The van der Waals surface area contributed by atoms with Crippen LogP contribution in [0.15, 0.2) is 60.4 Å². The summed E-state index contributed by atoms with van der Waals surface area (Å²) in [4.78, 5) is 28.1. The number of nitrogens with zero attached hydrogens (tertiary/aromatic N) is 3. The quantitative estimate of drug-likeness (QED) is 0.289. The molecule has 1 N–H and O–H groups in total. The molecule has 3 aromatic rings. The molecule has 0 bridgehead atoms. The number of aromatic hydroxyl groups is 1. The molecule has 1 saturated heterocycles. The maximum Gasteiger partial charge on any atom is 0.269 e. The van der Waals surface area contributed by atoms with Crippen molar-refractivity contribution in [2.75, 3.05) is 31.1 Å². The van der Waals surface area contributed by atoms with E-state index in [1.807, 2.05) is 24.3 Å². The second-order valence-electron chi connectivity index (χ2n) is 8.93. The first kappa shape index (κ1) is 23.8. The zero-order valence-electron chi connectivity index (χ0n) is 19.6. The third kappa shape index (κ3) is 4.65. The molecule has 1 fully saturated rings. The molecule has 5 rings (SSSR count). The summed E-state index contributed by atoms with van der Waals surface area (Å²) in [6, 6.07) is 15.3. The molecule has 8 nitrogen and oxygen atoms in total. The summed E-state index contributed by atoms with van der Waals surface area (Å²) in [7, 11) is 0. The van der Waals surface area contributed by atoms with Crippen LogP contribution in [0.3, 0.4) is 0 Å². The highest BCUT2D eigenvalue weighted by molar-refractivity contribution is 6.30. The molecule has 2 heterocycles. The Bertz CT molecular complexity index is 1380. The topological polar surface area (TPSA) is 96.2 Å². The number of fused-ring (bicyclic) bond motifs is 1. The summed E-state index contributed by atoms with van der Waals surface area (Å²) in [5.41, 5.74) is 3.31. The summed E-state index contributed by atoms with van der Waals surface area (Å²) < 4.78 is 6.00. The maximum absolute atomic E-state index is 13.2. The molecule has 0 saturated carbocycles. The molecule has 2 aliphatic heterocycles. The van der Waals surface area contributed by atoms with E-state index in [-0.39, 0.29) is 23.0 Å². The molecule has 0 unspecified atom stereocenters. The smallest absolute Gasteiger partial charge is 0.269 e. The molecule has 0 radical (unpaired) electrons. The lowest BCUT2D eigenvalue weighted by molar-refractivity contribution is -0.384. The van der Waals surface area contributed by atoms with Crippen molar-refractivity contribution in [2.45, 2.75) is 13.5 Å². The van der Waals surface area contributed by atoms with Crippen LogP contribution < -0.4 is 9.64 Å². The average Bonchev–Trinajstić information content (AvgIpc) is 3.18. The van der Waals surface area contributed by atoms with Gasteiger partial charge in [0.05, 0.1) is 16.1 Å². The number of benzene rings is 3. The van der Waals surface area contributed by atoms with Gasteiger partial charge in [-0.25, -0.2) is 0 Å².